The Bertz CT molecular complexity index is 727. The van der Waals surface area contributed by atoms with Gasteiger partial charge >= 0.3 is 0 Å². The van der Waals surface area contributed by atoms with E-state index in [0.717, 1.165) is 24.2 Å². The molecule has 1 N–H and O–H groups in total. The van der Waals surface area contributed by atoms with Crippen molar-refractivity contribution >= 4 is 29.3 Å². The van der Waals surface area contributed by atoms with Crippen LogP contribution in [0.25, 0.3) is 11.4 Å². The summed E-state index contributed by atoms with van der Waals surface area (Å²) < 4.78 is 1.94. The molecule has 3 rings (SSSR count). The zero-order valence-corrected chi connectivity index (χ0v) is 14.1. The smallest absolute Gasteiger partial charge is 0.230 e. The van der Waals surface area contributed by atoms with Crippen LogP contribution in [0.1, 0.15) is 12.8 Å². The number of nitrogens with one attached hydrogen (secondary N) is 1. The number of rotatable bonds is 7. The van der Waals surface area contributed by atoms with Crippen LogP contribution in [0.15, 0.2) is 42.1 Å². The molecule has 0 saturated heterocycles. The van der Waals surface area contributed by atoms with Gasteiger partial charge in [0.2, 0.25) is 5.91 Å². The number of carbonyl (C=O) groups excluding carboxylic acids is 1. The molecule has 1 aliphatic carbocycles. The second kappa shape index (κ2) is 7.19. The molecule has 23 heavy (non-hydrogen) atoms. The summed E-state index contributed by atoms with van der Waals surface area (Å²) in [4.78, 5) is 11.8. The molecule has 1 aromatic carbocycles. The number of allylic oxidation sites excluding steroid dienone is 1. The van der Waals surface area contributed by atoms with Crippen molar-refractivity contribution in [2.75, 3.05) is 5.75 Å². The standard InChI is InChI=1S/C16H17ClN4OS/c1-2-8-21-15(11-4-3-5-12(17)9-11)19-20-16(21)23-10-14(22)18-13-6-7-13/h2-5,9,13H,1,6-8,10H2,(H,18,22). The highest BCUT2D eigenvalue weighted by Crippen LogP contribution is 2.26. The summed E-state index contributed by atoms with van der Waals surface area (Å²) in [5.74, 6) is 1.09. The lowest BCUT2D eigenvalue weighted by molar-refractivity contribution is -0.118. The number of thioether (sulfide) groups is 1. The number of halogens is 1. The number of hydrogen-bond acceptors (Lipinski definition) is 4. The molecule has 0 bridgehead atoms. The summed E-state index contributed by atoms with van der Waals surface area (Å²) in [7, 11) is 0. The van der Waals surface area contributed by atoms with Crippen molar-refractivity contribution < 1.29 is 4.79 Å². The Morgan fingerprint density at radius 2 is 2.30 bits per heavy atom. The molecule has 1 aromatic heterocycles. The molecule has 2 aromatic rings. The van der Waals surface area contributed by atoms with Gasteiger partial charge in [-0.3, -0.25) is 9.36 Å². The molecule has 0 aliphatic heterocycles. The summed E-state index contributed by atoms with van der Waals surface area (Å²) in [5, 5.41) is 12.8. The Labute approximate surface area is 144 Å². The lowest BCUT2D eigenvalue weighted by Gasteiger charge is -2.08. The van der Waals surface area contributed by atoms with E-state index in [9.17, 15) is 4.79 Å². The summed E-state index contributed by atoms with van der Waals surface area (Å²) in [6.07, 6.45) is 3.95. The van der Waals surface area contributed by atoms with Crippen LogP contribution in [0.5, 0.6) is 0 Å². The number of aromatic nitrogens is 3. The van der Waals surface area contributed by atoms with E-state index in [1.165, 1.54) is 11.8 Å². The molecule has 1 fully saturated rings. The van der Waals surface area contributed by atoms with Crippen molar-refractivity contribution in [3.63, 3.8) is 0 Å². The molecular formula is C16H17ClN4OS. The zero-order chi connectivity index (χ0) is 16.2. The molecule has 0 unspecified atom stereocenters. The predicted molar refractivity (Wildman–Crippen MR) is 92.6 cm³/mol. The van der Waals surface area contributed by atoms with E-state index < -0.39 is 0 Å². The van der Waals surface area contributed by atoms with E-state index in [0.29, 0.717) is 28.5 Å². The summed E-state index contributed by atoms with van der Waals surface area (Å²) in [5.41, 5.74) is 0.890. The van der Waals surface area contributed by atoms with Gasteiger partial charge < -0.3 is 5.32 Å². The molecule has 7 heteroatoms. The van der Waals surface area contributed by atoms with Crippen molar-refractivity contribution in [2.24, 2.45) is 0 Å². The molecule has 1 amide bonds. The Balaban J connectivity index is 1.77. The predicted octanol–water partition coefficient (Wildman–Crippen LogP) is 3.16. The van der Waals surface area contributed by atoms with Crippen molar-refractivity contribution in [1.82, 2.24) is 20.1 Å². The summed E-state index contributed by atoms with van der Waals surface area (Å²) in [6, 6.07) is 7.84. The van der Waals surface area contributed by atoms with Crippen LogP contribution in [0, 0.1) is 0 Å². The van der Waals surface area contributed by atoms with Gasteiger partial charge in [-0.2, -0.15) is 0 Å². The van der Waals surface area contributed by atoms with Gasteiger partial charge in [0.05, 0.1) is 5.75 Å². The highest BCUT2D eigenvalue weighted by Gasteiger charge is 2.23. The van der Waals surface area contributed by atoms with Gasteiger partial charge in [-0.05, 0) is 25.0 Å². The van der Waals surface area contributed by atoms with Crippen molar-refractivity contribution in [3.8, 4) is 11.4 Å². The second-order valence-electron chi connectivity index (χ2n) is 5.35. The van der Waals surface area contributed by atoms with E-state index in [2.05, 4.69) is 22.1 Å². The Morgan fingerprint density at radius 1 is 1.48 bits per heavy atom. The van der Waals surface area contributed by atoms with E-state index in [4.69, 9.17) is 11.6 Å². The molecular weight excluding hydrogens is 332 g/mol. The molecule has 0 spiro atoms. The molecule has 1 aliphatic rings. The lowest BCUT2D eigenvalue weighted by Crippen LogP contribution is -2.27. The van der Waals surface area contributed by atoms with Gasteiger partial charge in [0.15, 0.2) is 11.0 Å². The first kappa shape index (κ1) is 16.1. The van der Waals surface area contributed by atoms with Crippen molar-refractivity contribution in [3.05, 3.63) is 41.9 Å². The van der Waals surface area contributed by atoms with E-state index in [1.54, 1.807) is 6.08 Å². The molecule has 0 atom stereocenters. The van der Waals surface area contributed by atoms with Crippen LogP contribution >= 0.6 is 23.4 Å². The number of carbonyl (C=O) groups is 1. The fraction of sp³-hybridized carbons (Fsp3) is 0.312. The van der Waals surface area contributed by atoms with E-state index in [-0.39, 0.29) is 5.91 Å². The van der Waals surface area contributed by atoms with Crippen LogP contribution in [-0.4, -0.2) is 32.5 Å². The van der Waals surface area contributed by atoms with Crippen molar-refractivity contribution in [2.45, 2.75) is 30.6 Å². The second-order valence-corrected chi connectivity index (χ2v) is 6.73. The maximum Gasteiger partial charge on any atom is 0.230 e. The van der Waals surface area contributed by atoms with Gasteiger partial charge in [0, 0.05) is 23.2 Å². The molecule has 1 heterocycles. The number of hydrogen-bond donors (Lipinski definition) is 1. The van der Waals surface area contributed by atoms with Gasteiger partial charge in [0.1, 0.15) is 0 Å². The third-order valence-corrected chi connectivity index (χ3v) is 4.59. The maximum atomic E-state index is 11.8. The monoisotopic (exact) mass is 348 g/mol. The van der Waals surface area contributed by atoms with E-state index in [1.807, 2.05) is 28.8 Å². The van der Waals surface area contributed by atoms with Crippen molar-refractivity contribution in [1.29, 1.82) is 0 Å². The van der Waals surface area contributed by atoms with Gasteiger partial charge in [0.25, 0.3) is 0 Å². The van der Waals surface area contributed by atoms with Crippen LogP contribution < -0.4 is 5.32 Å². The topological polar surface area (TPSA) is 59.8 Å². The third-order valence-electron chi connectivity index (χ3n) is 3.39. The zero-order valence-electron chi connectivity index (χ0n) is 12.5. The minimum absolute atomic E-state index is 0.0370. The minimum Gasteiger partial charge on any atom is -0.353 e. The SMILES string of the molecule is C=CCn1c(SCC(=O)NC2CC2)nnc1-c1cccc(Cl)c1. The van der Waals surface area contributed by atoms with Crippen LogP contribution in [0.3, 0.4) is 0 Å². The molecule has 1 saturated carbocycles. The quantitative estimate of drug-likeness (QED) is 0.616. The van der Waals surface area contributed by atoms with Gasteiger partial charge in [-0.15, -0.1) is 16.8 Å². The number of amides is 1. The lowest BCUT2D eigenvalue weighted by atomic mass is 10.2. The first-order valence-corrected chi connectivity index (χ1v) is 8.76. The maximum absolute atomic E-state index is 11.8. The summed E-state index contributed by atoms with van der Waals surface area (Å²) >= 11 is 7.43. The van der Waals surface area contributed by atoms with Crippen LogP contribution in [-0.2, 0) is 11.3 Å². The Kier molecular flexibility index (Phi) is 5.03. The van der Waals surface area contributed by atoms with Crippen LogP contribution in [0.4, 0.5) is 0 Å². The highest BCUT2D eigenvalue weighted by molar-refractivity contribution is 7.99. The first-order valence-electron chi connectivity index (χ1n) is 7.39. The van der Waals surface area contributed by atoms with Gasteiger partial charge in [-0.25, -0.2) is 0 Å². The average molecular weight is 349 g/mol. The first-order chi connectivity index (χ1) is 11.2. The largest absolute Gasteiger partial charge is 0.353 e. The third kappa shape index (κ3) is 4.14. The fourth-order valence-corrected chi connectivity index (χ4v) is 3.11. The fourth-order valence-electron chi connectivity index (χ4n) is 2.16. The molecule has 0 radical (unpaired) electrons. The normalized spacial score (nSPS) is 13.8. The molecule has 5 nitrogen and oxygen atoms in total. The number of nitrogens with zero attached hydrogens (tertiary/aromatic N) is 3. The highest BCUT2D eigenvalue weighted by atomic mass is 35.5. The molecule has 120 valence electrons. The van der Waals surface area contributed by atoms with Gasteiger partial charge in [-0.1, -0.05) is 41.6 Å². The Hall–Kier alpha value is -1.79. The minimum atomic E-state index is 0.0370. The average Bonchev–Trinajstić information content (AvgIpc) is 3.25. The Morgan fingerprint density at radius 3 is 3.00 bits per heavy atom. The summed E-state index contributed by atoms with van der Waals surface area (Å²) in [6.45, 7) is 4.35. The van der Waals surface area contributed by atoms with Crippen LogP contribution in [0.2, 0.25) is 5.02 Å². The van der Waals surface area contributed by atoms with E-state index >= 15 is 0 Å². The number of benzene rings is 1.